The molecule has 1 atom stereocenters. The van der Waals surface area contributed by atoms with E-state index in [1.807, 2.05) is 38.1 Å². The van der Waals surface area contributed by atoms with Crippen molar-refractivity contribution in [3.63, 3.8) is 0 Å². The first kappa shape index (κ1) is 14.8. The van der Waals surface area contributed by atoms with Gasteiger partial charge in [-0.3, -0.25) is 0 Å². The van der Waals surface area contributed by atoms with Crippen LogP contribution in [0.5, 0.6) is 5.75 Å². The van der Waals surface area contributed by atoms with Crippen LogP contribution in [-0.4, -0.2) is 12.9 Å². The molecule has 1 rings (SSSR count). The number of methoxy groups -OCH3 is 1. The maximum Gasteiger partial charge on any atom is 0.207 e. The van der Waals surface area contributed by atoms with Gasteiger partial charge in [-0.25, -0.2) is 0 Å². The van der Waals surface area contributed by atoms with Crippen molar-refractivity contribution >= 4 is 5.57 Å². The second-order valence-corrected chi connectivity index (χ2v) is 4.85. The Labute approximate surface area is 111 Å². The number of allylic oxidation sites excluding steroid dienone is 1. The number of hydrogen-bond donors (Lipinski definition) is 0. The van der Waals surface area contributed by atoms with Gasteiger partial charge in [0.15, 0.2) is 0 Å². The fourth-order valence-corrected chi connectivity index (χ4v) is 1.75. The minimum absolute atomic E-state index is 0.541. The molecule has 18 heavy (non-hydrogen) atoms. The van der Waals surface area contributed by atoms with Crippen LogP contribution in [0.25, 0.3) is 5.57 Å². The molecule has 0 spiro atoms. The lowest BCUT2D eigenvalue weighted by Crippen LogP contribution is -2.34. The predicted molar refractivity (Wildman–Crippen MR) is 76.7 cm³/mol. The Morgan fingerprint density at radius 2 is 1.89 bits per heavy atom. The molecule has 0 aliphatic rings. The average Bonchev–Trinajstić information content (AvgIpc) is 2.37. The summed E-state index contributed by atoms with van der Waals surface area (Å²) in [6, 6.07) is 7.97. The second-order valence-electron chi connectivity index (χ2n) is 4.85. The first-order valence-corrected chi connectivity index (χ1v) is 6.51. The van der Waals surface area contributed by atoms with E-state index in [4.69, 9.17) is 9.47 Å². The summed E-state index contributed by atoms with van der Waals surface area (Å²) < 4.78 is 11.4. The summed E-state index contributed by atoms with van der Waals surface area (Å²) in [7, 11) is 1.69. The predicted octanol–water partition coefficient (Wildman–Crippen LogP) is 4.65. The smallest absolute Gasteiger partial charge is 0.207 e. The maximum atomic E-state index is 5.94. The molecule has 0 saturated carbocycles. The van der Waals surface area contributed by atoms with Crippen LogP contribution in [0.15, 0.2) is 30.8 Å². The molecule has 1 aromatic carbocycles. The van der Waals surface area contributed by atoms with E-state index in [0.717, 1.165) is 36.1 Å². The van der Waals surface area contributed by atoms with Crippen LogP contribution in [0, 0.1) is 0 Å². The Morgan fingerprint density at radius 1 is 1.28 bits per heavy atom. The van der Waals surface area contributed by atoms with Crippen molar-refractivity contribution in [3.8, 4) is 5.75 Å². The van der Waals surface area contributed by atoms with Crippen molar-refractivity contribution in [2.45, 2.75) is 45.8 Å². The zero-order chi connectivity index (χ0) is 13.6. The Kier molecular flexibility index (Phi) is 5.42. The van der Waals surface area contributed by atoms with Crippen molar-refractivity contribution < 1.29 is 9.47 Å². The second kappa shape index (κ2) is 6.60. The summed E-state index contributed by atoms with van der Waals surface area (Å²) in [5, 5.41) is 0. The molecule has 0 heterocycles. The highest BCUT2D eigenvalue weighted by molar-refractivity contribution is 5.61. The average molecular weight is 248 g/mol. The molecular weight excluding hydrogens is 224 g/mol. The highest BCUT2D eigenvalue weighted by atomic mass is 16.7. The molecule has 0 aromatic heterocycles. The van der Waals surface area contributed by atoms with Crippen molar-refractivity contribution in [1.82, 2.24) is 0 Å². The molecule has 0 aliphatic carbocycles. The van der Waals surface area contributed by atoms with Gasteiger partial charge in [0.2, 0.25) is 5.79 Å². The van der Waals surface area contributed by atoms with Crippen molar-refractivity contribution in [3.05, 3.63) is 36.4 Å². The molecule has 0 aliphatic heterocycles. The van der Waals surface area contributed by atoms with Gasteiger partial charge in [0.05, 0.1) is 0 Å². The van der Waals surface area contributed by atoms with E-state index in [1.54, 1.807) is 7.11 Å². The standard InChI is InChI=1S/C16H24O2/c1-6-7-12-16(4,17-5)18-15-10-8-14(9-11-15)13(2)3/h8-11H,2,6-7,12H2,1,3-5H3. The lowest BCUT2D eigenvalue weighted by molar-refractivity contribution is -0.154. The van der Waals surface area contributed by atoms with Gasteiger partial charge in [0.25, 0.3) is 0 Å². The van der Waals surface area contributed by atoms with Crippen molar-refractivity contribution in [2.75, 3.05) is 7.11 Å². The zero-order valence-electron chi connectivity index (χ0n) is 12.0. The Hall–Kier alpha value is -1.28. The van der Waals surface area contributed by atoms with Gasteiger partial charge in [0, 0.05) is 20.5 Å². The maximum absolute atomic E-state index is 5.94. The van der Waals surface area contributed by atoms with E-state index in [2.05, 4.69) is 13.5 Å². The van der Waals surface area contributed by atoms with Crippen LogP contribution in [0.1, 0.15) is 45.6 Å². The quantitative estimate of drug-likeness (QED) is 0.654. The molecule has 0 bridgehead atoms. The first-order valence-electron chi connectivity index (χ1n) is 6.51. The van der Waals surface area contributed by atoms with Gasteiger partial charge in [-0.2, -0.15) is 0 Å². The third-order valence-electron chi connectivity index (χ3n) is 3.10. The normalized spacial score (nSPS) is 14.0. The number of ether oxygens (including phenoxy) is 2. The van der Waals surface area contributed by atoms with Crippen LogP contribution in [-0.2, 0) is 4.74 Å². The van der Waals surface area contributed by atoms with Gasteiger partial charge in [0.1, 0.15) is 5.75 Å². The van der Waals surface area contributed by atoms with E-state index in [9.17, 15) is 0 Å². The first-order chi connectivity index (χ1) is 8.50. The van der Waals surface area contributed by atoms with Crippen LogP contribution < -0.4 is 4.74 Å². The summed E-state index contributed by atoms with van der Waals surface area (Å²) in [5.74, 6) is 0.293. The molecule has 0 saturated heterocycles. The summed E-state index contributed by atoms with van der Waals surface area (Å²) in [6.07, 6.45) is 3.12. The van der Waals surface area contributed by atoms with Gasteiger partial charge in [-0.1, -0.05) is 37.6 Å². The number of unbranched alkanes of at least 4 members (excludes halogenated alkanes) is 1. The van der Waals surface area contributed by atoms with Gasteiger partial charge in [-0.05, 0) is 31.0 Å². The Morgan fingerprint density at radius 3 is 2.33 bits per heavy atom. The summed E-state index contributed by atoms with van der Waals surface area (Å²) >= 11 is 0. The fourth-order valence-electron chi connectivity index (χ4n) is 1.75. The number of hydrogen-bond acceptors (Lipinski definition) is 2. The van der Waals surface area contributed by atoms with Crippen LogP contribution in [0.3, 0.4) is 0 Å². The van der Waals surface area contributed by atoms with Crippen LogP contribution >= 0.6 is 0 Å². The molecule has 1 unspecified atom stereocenters. The summed E-state index contributed by atoms with van der Waals surface area (Å²) in [5.41, 5.74) is 2.19. The van der Waals surface area contributed by atoms with Crippen LogP contribution in [0.2, 0.25) is 0 Å². The Bertz CT molecular complexity index is 381. The molecule has 2 nitrogen and oxygen atoms in total. The molecule has 0 fully saturated rings. The fraction of sp³-hybridized carbons (Fsp3) is 0.500. The van der Waals surface area contributed by atoms with Gasteiger partial charge in [-0.15, -0.1) is 0 Å². The van der Waals surface area contributed by atoms with Gasteiger partial charge >= 0.3 is 0 Å². The van der Waals surface area contributed by atoms with Crippen LogP contribution in [0.4, 0.5) is 0 Å². The Balaban J connectivity index is 2.72. The van der Waals surface area contributed by atoms with E-state index in [1.165, 1.54) is 0 Å². The zero-order valence-corrected chi connectivity index (χ0v) is 12.0. The molecule has 0 amide bonds. The third kappa shape index (κ3) is 4.19. The number of rotatable bonds is 7. The SMILES string of the molecule is C=C(C)c1ccc(OC(C)(CCCC)OC)cc1. The van der Waals surface area contributed by atoms with Crippen molar-refractivity contribution in [2.24, 2.45) is 0 Å². The lowest BCUT2D eigenvalue weighted by atomic mass is 10.1. The molecule has 1 aromatic rings. The minimum Gasteiger partial charge on any atom is -0.463 e. The third-order valence-corrected chi connectivity index (χ3v) is 3.10. The highest BCUT2D eigenvalue weighted by Crippen LogP contribution is 2.25. The monoisotopic (exact) mass is 248 g/mol. The van der Waals surface area contributed by atoms with E-state index < -0.39 is 5.79 Å². The molecule has 0 N–H and O–H groups in total. The lowest BCUT2D eigenvalue weighted by Gasteiger charge is -2.29. The summed E-state index contributed by atoms with van der Waals surface area (Å²) in [4.78, 5) is 0. The van der Waals surface area contributed by atoms with E-state index in [-0.39, 0.29) is 0 Å². The summed E-state index contributed by atoms with van der Waals surface area (Å²) in [6.45, 7) is 10.1. The van der Waals surface area contributed by atoms with Crippen molar-refractivity contribution in [1.29, 1.82) is 0 Å². The van der Waals surface area contributed by atoms with E-state index >= 15 is 0 Å². The number of benzene rings is 1. The topological polar surface area (TPSA) is 18.5 Å². The molecule has 0 radical (unpaired) electrons. The van der Waals surface area contributed by atoms with E-state index in [0.29, 0.717) is 0 Å². The molecular formula is C16H24O2. The molecule has 2 heteroatoms. The van der Waals surface area contributed by atoms with Gasteiger partial charge < -0.3 is 9.47 Å². The molecule has 100 valence electrons. The minimum atomic E-state index is -0.541. The largest absolute Gasteiger partial charge is 0.463 e. The highest BCUT2D eigenvalue weighted by Gasteiger charge is 2.24.